The van der Waals surface area contributed by atoms with Crippen LogP contribution in [0.1, 0.15) is 68.8 Å². The molecule has 26 heavy (non-hydrogen) atoms. The van der Waals surface area contributed by atoms with Crippen molar-refractivity contribution < 1.29 is 14.3 Å². The number of hydrogen-bond acceptors (Lipinski definition) is 5. The minimum absolute atomic E-state index is 0.0377. The quantitative estimate of drug-likeness (QED) is 0.720. The number of rotatable bonds is 0. The first-order chi connectivity index (χ1) is 12.3. The highest BCUT2D eigenvalue weighted by atomic mass is 16.6. The molecule has 0 aromatic carbocycles. The molecule has 2 aromatic rings. The molecule has 3 heterocycles. The molecule has 0 N–H and O–H groups in total. The number of amides is 2. The molecule has 0 spiro atoms. The Labute approximate surface area is 152 Å². The van der Waals surface area contributed by atoms with E-state index in [1.807, 2.05) is 32.3 Å². The van der Waals surface area contributed by atoms with E-state index in [-0.39, 0.29) is 18.0 Å². The first-order valence-corrected chi connectivity index (χ1v) is 9.17. The van der Waals surface area contributed by atoms with Gasteiger partial charge in [0.1, 0.15) is 22.8 Å². The smallest absolute Gasteiger partial charge is 0.417 e. The summed E-state index contributed by atoms with van der Waals surface area (Å²) in [6.07, 6.45) is 4.96. The highest BCUT2D eigenvalue weighted by molar-refractivity contribution is 6.06. The van der Waals surface area contributed by atoms with Gasteiger partial charge in [0, 0.05) is 11.6 Å². The van der Waals surface area contributed by atoms with Gasteiger partial charge >= 0.3 is 6.09 Å². The molecular formula is C19H24N4O3. The molecule has 1 fully saturated rings. The van der Waals surface area contributed by atoms with Gasteiger partial charge in [-0.2, -0.15) is 0 Å². The van der Waals surface area contributed by atoms with Crippen molar-refractivity contribution in [3.63, 3.8) is 0 Å². The molecule has 1 saturated carbocycles. The summed E-state index contributed by atoms with van der Waals surface area (Å²) >= 11 is 0. The van der Waals surface area contributed by atoms with Crippen LogP contribution < -0.4 is 0 Å². The lowest BCUT2D eigenvalue weighted by Gasteiger charge is -2.43. The van der Waals surface area contributed by atoms with Crippen LogP contribution in [0.25, 0.3) is 11.0 Å². The second-order valence-electron chi connectivity index (χ2n) is 8.17. The molecule has 2 aromatic heterocycles. The van der Waals surface area contributed by atoms with Gasteiger partial charge in [-0.05, 0) is 46.6 Å². The monoisotopic (exact) mass is 356 g/mol. The molecule has 0 saturated heterocycles. The Kier molecular flexibility index (Phi) is 3.78. The predicted molar refractivity (Wildman–Crippen MR) is 96.0 cm³/mol. The van der Waals surface area contributed by atoms with E-state index in [4.69, 9.17) is 4.74 Å². The SMILES string of the molecule is Cc1ncc2cc3n(c2n1)[C@@H]1CCCC[C@@H]1N(C(=O)OC(C)(C)C)C3=O. The third-order valence-corrected chi connectivity index (χ3v) is 5.08. The van der Waals surface area contributed by atoms with Crippen LogP contribution in [0.5, 0.6) is 0 Å². The molecule has 2 amide bonds. The number of aromatic nitrogens is 3. The molecule has 2 aliphatic rings. The topological polar surface area (TPSA) is 77.3 Å². The zero-order valence-corrected chi connectivity index (χ0v) is 15.7. The Morgan fingerprint density at radius 3 is 2.62 bits per heavy atom. The Morgan fingerprint density at radius 2 is 1.92 bits per heavy atom. The highest BCUT2D eigenvalue weighted by Crippen LogP contribution is 2.40. The number of nitrogens with zero attached hydrogens (tertiary/aromatic N) is 4. The maximum Gasteiger partial charge on any atom is 0.417 e. The van der Waals surface area contributed by atoms with E-state index in [1.165, 1.54) is 4.90 Å². The van der Waals surface area contributed by atoms with Gasteiger partial charge in [0.25, 0.3) is 5.91 Å². The van der Waals surface area contributed by atoms with Crippen LogP contribution in [-0.2, 0) is 4.74 Å². The normalized spacial score (nSPS) is 22.9. The van der Waals surface area contributed by atoms with E-state index in [1.54, 1.807) is 12.3 Å². The minimum Gasteiger partial charge on any atom is -0.443 e. The minimum atomic E-state index is -0.645. The van der Waals surface area contributed by atoms with Gasteiger partial charge in [-0.25, -0.2) is 19.7 Å². The third-order valence-electron chi connectivity index (χ3n) is 5.08. The van der Waals surface area contributed by atoms with Gasteiger partial charge in [-0.3, -0.25) is 4.79 Å². The number of aryl methyl sites for hydroxylation is 1. The van der Waals surface area contributed by atoms with Crippen molar-refractivity contribution in [1.82, 2.24) is 19.4 Å². The molecule has 7 heteroatoms. The zero-order valence-electron chi connectivity index (χ0n) is 15.7. The first kappa shape index (κ1) is 17.0. The maximum atomic E-state index is 13.2. The summed E-state index contributed by atoms with van der Waals surface area (Å²) < 4.78 is 7.56. The van der Waals surface area contributed by atoms with Gasteiger partial charge < -0.3 is 9.30 Å². The van der Waals surface area contributed by atoms with Crippen molar-refractivity contribution >= 4 is 23.0 Å². The first-order valence-electron chi connectivity index (χ1n) is 9.17. The number of hydrogen-bond donors (Lipinski definition) is 0. The average Bonchev–Trinajstić information content (AvgIpc) is 2.93. The fourth-order valence-corrected chi connectivity index (χ4v) is 4.09. The fraction of sp³-hybridized carbons (Fsp3) is 0.579. The van der Waals surface area contributed by atoms with Crippen molar-refractivity contribution in [2.75, 3.05) is 0 Å². The van der Waals surface area contributed by atoms with Gasteiger partial charge in [0.05, 0.1) is 12.1 Å². The summed E-state index contributed by atoms with van der Waals surface area (Å²) in [5.74, 6) is 0.367. The lowest BCUT2D eigenvalue weighted by molar-refractivity contribution is 0.00252. The predicted octanol–water partition coefficient (Wildman–Crippen LogP) is 3.61. The summed E-state index contributed by atoms with van der Waals surface area (Å²) in [5.41, 5.74) is 0.629. The molecule has 7 nitrogen and oxygen atoms in total. The molecule has 1 aliphatic carbocycles. The van der Waals surface area contributed by atoms with Gasteiger partial charge in [0.15, 0.2) is 0 Å². The summed E-state index contributed by atoms with van der Waals surface area (Å²) in [7, 11) is 0. The van der Waals surface area contributed by atoms with E-state index in [0.29, 0.717) is 11.5 Å². The van der Waals surface area contributed by atoms with Crippen molar-refractivity contribution in [1.29, 1.82) is 0 Å². The lowest BCUT2D eigenvalue weighted by atomic mass is 9.87. The second kappa shape index (κ2) is 5.79. The molecular weight excluding hydrogens is 332 g/mol. The third kappa shape index (κ3) is 2.66. The number of ether oxygens (including phenoxy) is 1. The Balaban J connectivity index is 1.85. The lowest BCUT2D eigenvalue weighted by Crippen LogP contribution is -2.55. The molecule has 0 unspecified atom stereocenters. The van der Waals surface area contributed by atoms with Crippen molar-refractivity contribution in [3.8, 4) is 0 Å². The van der Waals surface area contributed by atoms with Crippen LogP contribution in [0.15, 0.2) is 12.3 Å². The summed E-state index contributed by atoms with van der Waals surface area (Å²) in [6.45, 7) is 7.28. The van der Waals surface area contributed by atoms with Crippen molar-refractivity contribution in [2.45, 2.75) is 71.1 Å². The van der Waals surface area contributed by atoms with Crippen molar-refractivity contribution in [3.05, 3.63) is 23.8 Å². The molecule has 1 aliphatic heterocycles. The van der Waals surface area contributed by atoms with Gasteiger partial charge in [-0.1, -0.05) is 12.8 Å². The Morgan fingerprint density at radius 1 is 1.23 bits per heavy atom. The summed E-state index contributed by atoms with van der Waals surface area (Å²) in [6, 6.07) is 1.64. The average molecular weight is 356 g/mol. The number of fused-ring (bicyclic) bond motifs is 5. The van der Waals surface area contributed by atoms with Crippen LogP contribution in [0.3, 0.4) is 0 Å². The molecule has 138 valence electrons. The largest absolute Gasteiger partial charge is 0.443 e. The van der Waals surface area contributed by atoms with Crippen LogP contribution >= 0.6 is 0 Å². The van der Waals surface area contributed by atoms with Gasteiger partial charge in [-0.15, -0.1) is 0 Å². The number of imide groups is 1. The van der Waals surface area contributed by atoms with Gasteiger partial charge in [0.2, 0.25) is 0 Å². The van der Waals surface area contributed by atoms with Crippen LogP contribution in [0.2, 0.25) is 0 Å². The maximum absolute atomic E-state index is 13.2. The molecule has 0 bridgehead atoms. The summed E-state index contributed by atoms with van der Waals surface area (Å²) in [4.78, 5) is 36.2. The van der Waals surface area contributed by atoms with E-state index in [0.717, 1.165) is 36.7 Å². The van der Waals surface area contributed by atoms with E-state index in [9.17, 15) is 9.59 Å². The number of carbonyl (C=O) groups excluding carboxylic acids is 2. The van der Waals surface area contributed by atoms with E-state index < -0.39 is 11.7 Å². The molecule has 2 atom stereocenters. The molecule has 0 radical (unpaired) electrons. The Bertz CT molecular complexity index is 896. The van der Waals surface area contributed by atoms with E-state index in [2.05, 4.69) is 9.97 Å². The van der Waals surface area contributed by atoms with Crippen LogP contribution in [0, 0.1) is 6.92 Å². The van der Waals surface area contributed by atoms with Crippen LogP contribution in [-0.4, -0.2) is 43.1 Å². The van der Waals surface area contributed by atoms with Crippen molar-refractivity contribution in [2.24, 2.45) is 0 Å². The zero-order chi connectivity index (χ0) is 18.6. The summed E-state index contributed by atoms with van der Waals surface area (Å²) in [5, 5.41) is 0.828. The fourth-order valence-electron chi connectivity index (χ4n) is 4.09. The molecule has 4 rings (SSSR count). The van der Waals surface area contributed by atoms with E-state index >= 15 is 0 Å². The van der Waals surface area contributed by atoms with Crippen LogP contribution in [0.4, 0.5) is 4.79 Å². The second-order valence-corrected chi connectivity index (χ2v) is 8.17. The highest BCUT2D eigenvalue weighted by Gasteiger charge is 2.46. The standard InChI is InChI=1S/C19H24N4O3/c1-11-20-10-12-9-15-17(24)23(18(25)26-19(2,3)4)14-8-6-5-7-13(14)22(15)16(12)21-11/h9-10,13-14H,5-8H2,1-4H3/t13-,14+/m1/s1. The number of carbonyl (C=O) groups is 2. The Hall–Kier alpha value is -2.44.